The van der Waals surface area contributed by atoms with E-state index in [0.717, 1.165) is 23.5 Å². The molecule has 0 bridgehead atoms. The van der Waals surface area contributed by atoms with Crippen LogP contribution in [0.3, 0.4) is 0 Å². The highest BCUT2D eigenvalue weighted by Gasteiger charge is 2.02. The van der Waals surface area contributed by atoms with Crippen molar-refractivity contribution in [3.63, 3.8) is 0 Å². The van der Waals surface area contributed by atoms with Gasteiger partial charge in [-0.25, -0.2) is 0 Å². The van der Waals surface area contributed by atoms with Crippen LogP contribution in [0.4, 0.5) is 17.1 Å². The van der Waals surface area contributed by atoms with Crippen molar-refractivity contribution in [3.05, 3.63) is 48.0 Å². The number of rotatable bonds is 4. The molecule has 0 radical (unpaired) electrons. The van der Waals surface area contributed by atoms with Gasteiger partial charge < -0.3 is 15.8 Å². The van der Waals surface area contributed by atoms with E-state index in [1.54, 1.807) is 7.11 Å². The molecule has 3 nitrogen and oxygen atoms in total. The van der Waals surface area contributed by atoms with Gasteiger partial charge in [0.1, 0.15) is 5.75 Å². The minimum atomic E-state index is 0.706. The molecule has 18 heavy (non-hydrogen) atoms. The van der Waals surface area contributed by atoms with Crippen molar-refractivity contribution in [1.82, 2.24) is 0 Å². The van der Waals surface area contributed by atoms with Crippen molar-refractivity contribution in [2.75, 3.05) is 18.2 Å². The Kier molecular flexibility index (Phi) is 3.72. The predicted octanol–water partition coefficient (Wildman–Crippen LogP) is 3.58. The van der Waals surface area contributed by atoms with Crippen LogP contribution in [-0.2, 0) is 6.42 Å². The van der Waals surface area contributed by atoms with Crippen molar-refractivity contribution in [2.24, 2.45) is 0 Å². The van der Waals surface area contributed by atoms with Crippen LogP contribution in [0.15, 0.2) is 42.5 Å². The molecule has 0 amide bonds. The molecule has 0 saturated carbocycles. The molecule has 0 spiro atoms. The van der Waals surface area contributed by atoms with E-state index < -0.39 is 0 Å². The molecule has 0 aliphatic heterocycles. The van der Waals surface area contributed by atoms with Gasteiger partial charge >= 0.3 is 0 Å². The molecule has 0 aliphatic carbocycles. The Labute approximate surface area is 108 Å². The predicted molar refractivity (Wildman–Crippen MR) is 76.5 cm³/mol. The van der Waals surface area contributed by atoms with E-state index in [0.29, 0.717) is 5.69 Å². The first-order chi connectivity index (χ1) is 8.72. The van der Waals surface area contributed by atoms with Crippen molar-refractivity contribution in [1.29, 1.82) is 0 Å². The molecular weight excluding hydrogens is 224 g/mol. The number of nitrogen functional groups attached to an aromatic ring is 1. The summed E-state index contributed by atoms with van der Waals surface area (Å²) in [5.74, 6) is 0.790. The molecule has 3 N–H and O–H groups in total. The van der Waals surface area contributed by atoms with Crippen molar-refractivity contribution >= 4 is 17.1 Å². The Morgan fingerprint density at radius 2 is 2.00 bits per heavy atom. The van der Waals surface area contributed by atoms with Crippen LogP contribution in [0.25, 0.3) is 0 Å². The van der Waals surface area contributed by atoms with Gasteiger partial charge in [-0.15, -0.1) is 0 Å². The fraction of sp³-hybridized carbons (Fsp3) is 0.200. The van der Waals surface area contributed by atoms with Crippen molar-refractivity contribution < 1.29 is 4.74 Å². The third-order valence-corrected chi connectivity index (χ3v) is 2.87. The van der Waals surface area contributed by atoms with Crippen LogP contribution >= 0.6 is 0 Å². The van der Waals surface area contributed by atoms with Crippen LogP contribution < -0.4 is 15.8 Å². The second-order valence-electron chi connectivity index (χ2n) is 4.13. The molecule has 2 rings (SSSR count). The smallest absolute Gasteiger partial charge is 0.121 e. The summed E-state index contributed by atoms with van der Waals surface area (Å²) in [5.41, 5.74) is 9.84. The SMILES string of the molecule is CCc1cccc(Nc2cc(OC)ccc2N)c1. The van der Waals surface area contributed by atoms with E-state index in [1.807, 2.05) is 30.3 Å². The maximum atomic E-state index is 5.94. The van der Waals surface area contributed by atoms with Gasteiger partial charge in [0.15, 0.2) is 0 Å². The topological polar surface area (TPSA) is 47.3 Å². The lowest BCUT2D eigenvalue weighted by atomic mass is 10.1. The zero-order valence-electron chi connectivity index (χ0n) is 10.7. The van der Waals surface area contributed by atoms with E-state index in [4.69, 9.17) is 10.5 Å². The van der Waals surface area contributed by atoms with Crippen molar-refractivity contribution in [3.8, 4) is 5.75 Å². The normalized spacial score (nSPS) is 10.1. The fourth-order valence-corrected chi connectivity index (χ4v) is 1.80. The summed E-state index contributed by atoms with van der Waals surface area (Å²) in [6, 6.07) is 13.9. The summed E-state index contributed by atoms with van der Waals surface area (Å²) in [7, 11) is 1.65. The van der Waals surface area contributed by atoms with Crippen molar-refractivity contribution in [2.45, 2.75) is 13.3 Å². The minimum Gasteiger partial charge on any atom is -0.497 e. The highest BCUT2D eigenvalue weighted by atomic mass is 16.5. The standard InChI is InChI=1S/C15H18N2O/c1-3-11-5-4-6-12(9-11)17-15-10-13(18-2)7-8-14(15)16/h4-10,17H,3,16H2,1-2H3. The maximum absolute atomic E-state index is 5.94. The summed E-state index contributed by atoms with van der Waals surface area (Å²) in [6.07, 6.45) is 1.02. The molecule has 0 saturated heterocycles. The lowest BCUT2D eigenvalue weighted by Gasteiger charge is -2.11. The Bertz CT molecular complexity index is 538. The Balaban J connectivity index is 2.27. The number of nitrogens with two attached hydrogens (primary N) is 1. The van der Waals surface area contributed by atoms with Crippen LogP contribution in [0.1, 0.15) is 12.5 Å². The zero-order valence-corrected chi connectivity index (χ0v) is 10.7. The molecule has 94 valence electrons. The molecule has 3 heteroatoms. The number of anilines is 3. The average Bonchev–Trinajstić information content (AvgIpc) is 2.41. The van der Waals surface area contributed by atoms with Gasteiger partial charge in [-0.3, -0.25) is 0 Å². The third kappa shape index (κ3) is 2.74. The second-order valence-corrected chi connectivity index (χ2v) is 4.13. The number of hydrogen-bond acceptors (Lipinski definition) is 3. The molecule has 2 aromatic carbocycles. The largest absolute Gasteiger partial charge is 0.497 e. The zero-order chi connectivity index (χ0) is 13.0. The Hall–Kier alpha value is -2.16. The molecule has 0 atom stereocenters. The average molecular weight is 242 g/mol. The number of nitrogens with one attached hydrogen (secondary N) is 1. The van der Waals surface area contributed by atoms with Gasteiger partial charge in [-0.1, -0.05) is 19.1 Å². The Morgan fingerprint density at radius 3 is 2.72 bits per heavy atom. The second kappa shape index (κ2) is 5.45. The monoisotopic (exact) mass is 242 g/mol. The third-order valence-electron chi connectivity index (χ3n) is 2.87. The minimum absolute atomic E-state index is 0.706. The highest BCUT2D eigenvalue weighted by Crippen LogP contribution is 2.27. The van der Waals surface area contributed by atoms with E-state index in [1.165, 1.54) is 5.56 Å². The summed E-state index contributed by atoms with van der Waals surface area (Å²) in [5, 5.41) is 3.32. The van der Waals surface area contributed by atoms with E-state index in [2.05, 4.69) is 24.4 Å². The van der Waals surface area contributed by atoms with Gasteiger partial charge in [-0.2, -0.15) is 0 Å². The molecule has 0 aliphatic rings. The first kappa shape index (κ1) is 12.3. The molecular formula is C15H18N2O. The van der Waals surface area contributed by atoms with Gasteiger partial charge in [0, 0.05) is 11.8 Å². The number of hydrogen-bond donors (Lipinski definition) is 2. The molecule has 0 fully saturated rings. The van der Waals surface area contributed by atoms with E-state index in [9.17, 15) is 0 Å². The lowest BCUT2D eigenvalue weighted by molar-refractivity contribution is 0.415. The Morgan fingerprint density at radius 1 is 1.17 bits per heavy atom. The molecule has 0 unspecified atom stereocenters. The number of benzene rings is 2. The van der Waals surface area contributed by atoms with Crippen LogP contribution in [-0.4, -0.2) is 7.11 Å². The van der Waals surface area contributed by atoms with Gasteiger partial charge in [0.05, 0.1) is 18.5 Å². The number of methoxy groups -OCH3 is 1. The van der Waals surface area contributed by atoms with Crippen LogP contribution in [0.2, 0.25) is 0 Å². The van der Waals surface area contributed by atoms with Gasteiger partial charge in [0.25, 0.3) is 0 Å². The first-order valence-electron chi connectivity index (χ1n) is 6.02. The quantitative estimate of drug-likeness (QED) is 0.805. The van der Waals surface area contributed by atoms with E-state index in [-0.39, 0.29) is 0 Å². The number of aryl methyl sites for hydroxylation is 1. The molecule has 2 aromatic rings. The van der Waals surface area contributed by atoms with Crippen LogP contribution in [0.5, 0.6) is 5.75 Å². The summed E-state index contributed by atoms with van der Waals surface area (Å²) >= 11 is 0. The fourth-order valence-electron chi connectivity index (χ4n) is 1.80. The summed E-state index contributed by atoms with van der Waals surface area (Å²) < 4.78 is 5.20. The lowest BCUT2D eigenvalue weighted by Crippen LogP contribution is -1.97. The molecule has 0 heterocycles. The first-order valence-corrected chi connectivity index (χ1v) is 6.02. The maximum Gasteiger partial charge on any atom is 0.121 e. The molecule has 0 aromatic heterocycles. The van der Waals surface area contributed by atoms with E-state index >= 15 is 0 Å². The summed E-state index contributed by atoms with van der Waals surface area (Å²) in [4.78, 5) is 0. The summed E-state index contributed by atoms with van der Waals surface area (Å²) in [6.45, 7) is 2.14. The van der Waals surface area contributed by atoms with Crippen LogP contribution in [0, 0.1) is 0 Å². The van der Waals surface area contributed by atoms with Gasteiger partial charge in [0.2, 0.25) is 0 Å². The highest BCUT2D eigenvalue weighted by molar-refractivity contribution is 5.74. The van der Waals surface area contributed by atoms with Gasteiger partial charge in [-0.05, 0) is 36.2 Å². The number of ether oxygens (including phenoxy) is 1.